The molecule has 1 N–H and O–H groups in total. The molecule has 4 rings (SSSR count). The van der Waals surface area contributed by atoms with Crippen LogP contribution in [-0.4, -0.2) is 39.4 Å². The Morgan fingerprint density at radius 3 is 2.72 bits per heavy atom. The number of hydrogen-bond donors (Lipinski definition) is 1. The highest BCUT2D eigenvalue weighted by atomic mass is 19.4. The molecule has 0 bridgehead atoms. The summed E-state index contributed by atoms with van der Waals surface area (Å²) in [6, 6.07) is 6.61. The van der Waals surface area contributed by atoms with E-state index >= 15 is 0 Å². The summed E-state index contributed by atoms with van der Waals surface area (Å²) in [7, 11) is 0. The zero-order valence-corrected chi connectivity index (χ0v) is 15.4. The molecule has 1 unspecified atom stereocenters. The number of fused-ring (bicyclic) bond motifs is 1. The second-order valence-electron chi connectivity index (χ2n) is 6.79. The lowest BCUT2D eigenvalue weighted by Gasteiger charge is -2.16. The number of aromatic nitrogens is 3. The summed E-state index contributed by atoms with van der Waals surface area (Å²) < 4.78 is 40.3. The molecule has 2 aromatic heterocycles. The van der Waals surface area contributed by atoms with Crippen molar-refractivity contribution in [3.63, 3.8) is 0 Å². The zero-order chi connectivity index (χ0) is 20.6. The summed E-state index contributed by atoms with van der Waals surface area (Å²) in [5.41, 5.74) is 0.460. The van der Waals surface area contributed by atoms with Crippen LogP contribution in [0.1, 0.15) is 12.0 Å². The van der Waals surface area contributed by atoms with E-state index in [1.54, 1.807) is 22.9 Å². The van der Waals surface area contributed by atoms with Crippen LogP contribution in [0.3, 0.4) is 0 Å². The molecule has 1 aliphatic rings. The van der Waals surface area contributed by atoms with E-state index < -0.39 is 11.7 Å². The smallest absolute Gasteiger partial charge is 0.351 e. The molecular formula is C20H18F3N5O. The third-order valence-electron chi connectivity index (χ3n) is 4.88. The summed E-state index contributed by atoms with van der Waals surface area (Å²) >= 11 is 0. The molecule has 1 atom stereocenters. The van der Waals surface area contributed by atoms with Crippen molar-refractivity contribution in [1.82, 2.24) is 19.7 Å². The highest BCUT2D eigenvalue weighted by Gasteiger charge is 2.31. The number of carbonyl (C=O) groups is 1. The molecule has 3 aromatic rings. The average Bonchev–Trinajstić information content (AvgIpc) is 3.32. The molecular weight excluding hydrogens is 383 g/mol. The topological polar surface area (TPSA) is 62.5 Å². The minimum absolute atomic E-state index is 0.0320. The summed E-state index contributed by atoms with van der Waals surface area (Å²) in [6.07, 6.45) is 1.02. The molecule has 1 amide bonds. The number of benzene rings is 1. The fraction of sp³-hybridized carbons (Fsp3) is 0.250. The molecule has 29 heavy (non-hydrogen) atoms. The van der Waals surface area contributed by atoms with E-state index in [-0.39, 0.29) is 11.9 Å². The van der Waals surface area contributed by atoms with Crippen LogP contribution in [0.5, 0.6) is 0 Å². The second-order valence-corrected chi connectivity index (χ2v) is 6.79. The van der Waals surface area contributed by atoms with Gasteiger partial charge in [-0.2, -0.15) is 13.2 Å². The Morgan fingerprint density at radius 1 is 1.28 bits per heavy atom. The predicted octanol–water partition coefficient (Wildman–Crippen LogP) is 3.30. The first kappa shape index (κ1) is 19.0. The van der Waals surface area contributed by atoms with E-state index in [0.29, 0.717) is 35.9 Å². The zero-order valence-electron chi connectivity index (χ0n) is 15.4. The Balaban J connectivity index is 1.68. The van der Waals surface area contributed by atoms with Crippen LogP contribution >= 0.6 is 0 Å². The molecule has 0 spiro atoms. The number of alkyl halides is 3. The van der Waals surface area contributed by atoms with Gasteiger partial charge in [-0.15, -0.1) is 0 Å². The Kier molecular flexibility index (Phi) is 4.73. The van der Waals surface area contributed by atoms with Crippen molar-refractivity contribution in [3.05, 3.63) is 60.9 Å². The molecule has 0 aliphatic carbocycles. The summed E-state index contributed by atoms with van der Waals surface area (Å²) in [6.45, 7) is 4.70. The molecule has 9 heteroatoms. The molecule has 1 fully saturated rings. The average molecular weight is 401 g/mol. The van der Waals surface area contributed by atoms with Gasteiger partial charge in [-0.25, -0.2) is 9.97 Å². The number of halogens is 3. The predicted molar refractivity (Wildman–Crippen MR) is 102 cm³/mol. The van der Waals surface area contributed by atoms with Gasteiger partial charge in [0.05, 0.1) is 5.56 Å². The van der Waals surface area contributed by atoms with Crippen LogP contribution in [0, 0.1) is 0 Å². The number of imidazole rings is 1. The van der Waals surface area contributed by atoms with Crippen molar-refractivity contribution in [2.24, 2.45) is 0 Å². The summed E-state index contributed by atoms with van der Waals surface area (Å²) in [5, 5.41) is 2.87. The normalized spacial score (nSPS) is 16.9. The Morgan fingerprint density at radius 2 is 2.03 bits per heavy atom. The van der Waals surface area contributed by atoms with Gasteiger partial charge in [-0.05, 0) is 30.7 Å². The van der Waals surface area contributed by atoms with Gasteiger partial charge in [0.2, 0.25) is 5.91 Å². The molecule has 1 aromatic carbocycles. The summed E-state index contributed by atoms with van der Waals surface area (Å²) in [4.78, 5) is 22.7. The lowest BCUT2D eigenvalue weighted by atomic mass is 10.1. The fourth-order valence-corrected chi connectivity index (χ4v) is 3.47. The molecule has 6 nitrogen and oxygen atoms in total. The summed E-state index contributed by atoms with van der Waals surface area (Å²) in [5.74, 6) is 0.918. The van der Waals surface area contributed by atoms with Gasteiger partial charge in [0.1, 0.15) is 5.82 Å². The minimum atomic E-state index is -4.39. The number of nitrogens with one attached hydrogen (secondary N) is 1. The van der Waals surface area contributed by atoms with Crippen LogP contribution < -0.4 is 10.2 Å². The van der Waals surface area contributed by atoms with E-state index in [1.165, 1.54) is 18.2 Å². The van der Waals surface area contributed by atoms with Crippen LogP contribution in [0.15, 0.2) is 55.4 Å². The van der Waals surface area contributed by atoms with E-state index in [1.807, 2.05) is 4.90 Å². The van der Waals surface area contributed by atoms with Crippen molar-refractivity contribution in [1.29, 1.82) is 0 Å². The minimum Gasteiger partial charge on any atom is -0.351 e. The van der Waals surface area contributed by atoms with Crippen molar-refractivity contribution in [2.75, 3.05) is 18.0 Å². The first-order valence-electron chi connectivity index (χ1n) is 9.05. The van der Waals surface area contributed by atoms with E-state index in [0.717, 1.165) is 18.6 Å². The van der Waals surface area contributed by atoms with Crippen LogP contribution in [0.2, 0.25) is 0 Å². The maximum Gasteiger partial charge on any atom is 0.416 e. The van der Waals surface area contributed by atoms with Crippen molar-refractivity contribution in [2.45, 2.75) is 18.6 Å². The van der Waals surface area contributed by atoms with Gasteiger partial charge in [0.15, 0.2) is 11.5 Å². The van der Waals surface area contributed by atoms with Crippen LogP contribution in [-0.2, 0) is 11.0 Å². The lowest BCUT2D eigenvalue weighted by Crippen LogP contribution is -2.36. The third-order valence-corrected chi connectivity index (χ3v) is 4.88. The first-order valence-corrected chi connectivity index (χ1v) is 9.05. The third kappa shape index (κ3) is 3.67. The maximum atomic E-state index is 12.9. The van der Waals surface area contributed by atoms with Gasteiger partial charge in [0, 0.05) is 37.1 Å². The molecule has 0 saturated carbocycles. The highest BCUT2D eigenvalue weighted by molar-refractivity contribution is 5.87. The number of carbonyl (C=O) groups excluding carboxylic acids is 1. The number of hydrogen-bond acceptors (Lipinski definition) is 4. The Hall–Kier alpha value is -3.36. The highest BCUT2D eigenvalue weighted by Crippen LogP contribution is 2.33. The monoisotopic (exact) mass is 401 g/mol. The van der Waals surface area contributed by atoms with Crippen LogP contribution in [0.25, 0.3) is 17.0 Å². The first-order chi connectivity index (χ1) is 13.9. The van der Waals surface area contributed by atoms with Crippen molar-refractivity contribution >= 4 is 17.4 Å². The largest absolute Gasteiger partial charge is 0.416 e. The number of nitrogens with zero attached hydrogens (tertiary/aromatic N) is 4. The van der Waals surface area contributed by atoms with Crippen molar-refractivity contribution < 1.29 is 18.0 Å². The number of rotatable bonds is 4. The number of anilines is 1. The Labute approximate surface area is 164 Å². The van der Waals surface area contributed by atoms with Gasteiger partial charge < -0.3 is 10.2 Å². The fourth-order valence-electron chi connectivity index (χ4n) is 3.47. The van der Waals surface area contributed by atoms with Gasteiger partial charge in [0.25, 0.3) is 0 Å². The van der Waals surface area contributed by atoms with Gasteiger partial charge in [-0.3, -0.25) is 9.20 Å². The standard InChI is InChI=1S/C20H18F3N5O/c1-2-16(29)25-15-8-11-27(12-15)19-18-24-9-3-10-28(18)17(26-19)13-4-6-14(7-5-13)20(21,22)23/h2-7,9-10,15H,1,8,11-12H2,(H,25,29). The molecule has 150 valence electrons. The second kappa shape index (κ2) is 7.23. The van der Waals surface area contributed by atoms with E-state index in [4.69, 9.17) is 0 Å². The Bertz CT molecular complexity index is 1060. The SMILES string of the molecule is C=CC(=O)NC1CCN(c2nc(-c3ccc(C(F)(F)F)cc3)n3cccnc23)C1. The molecule has 3 heterocycles. The van der Waals surface area contributed by atoms with Crippen LogP contribution in [0.4, 0.5) is 19.0 Å². The quantitative estimate of drug-likeness (QED) is 0.682. The lowest BCUT2D eigenvalue weighted by molar-refractivity contribution is -0.137. The van der Waals surface area contributed by atoms with Gasteiger partial charge >= 0.3 is 6.18 Å². The maximum absolute atomic E-state index is 12.9. The molecule has 0 radical (unpaired) electrons. The van der Waals surface area contributed by atoms with E-state index in [9.17, 15) is 18.0 Å². The van der Waals surface area contributed by atoms with Crippen molar-refractivity contribution in [3.8, 4) is 11.4 Å². The van der Waals surface area contributed by atoms with E-state index in [2.05, 4.69) is 21.9 Å². The van der Waals surface area contributed by atoms with Gasteiger partial charge in [-0.1, -0.05) is 18.7 Å². The molecule has 1 saturated heterocycles. The number of amides is 1. The molecule has 1 aliphatic heterocycles.